The summed E-state index contributed by atoms with van der Waals surface area (Å²) >= 11 is 14.2. The van der Waals surface area contributed by atoms with Gasteiger partial charge in [-0.05, 0) is 57.2 Å². The van der Waals surface area contributed by atoms with Crippen LogP contribution in [0.4, 0.5) is 10.5 Å². The molecule has 0 atom stereocenters. The first kappa shape index (κ1) is 17.8. The Morgan fingerprint density at radius 1 is 1.40 bits per heavy atom. The minimum atomic E-state index is -0.476. The Morgan fingerprint density at radius 3 is 2.40 bits per heavy atom. The van der Waals surface area contributed by atoms with Crippen LogP contribution in [-0.2, 0) is 4.74 Å². The first-order valence-electron chi connectivity index (χ1n) is 6.09. The third kappa shape index (κ3) is 3.68. The molecule has 0 aliphatic rings. The Hall–Kier alpha value is -0.270. The summed E-state index contributed by atoms with van der Waals surface area (Å²) in [6.45, 7) is 9.61. The SMILES string of the molecule is CCOC(=O)N(c1c(C)nc(Cl)c(Cl)c1I)C(C)(C)C. The average molecular weight is 431 g/mol. The molecule has 0 unspecified atom stereocenters. The van der Waals surface area contributed by atoms with E-state index in [-0.39, 0.29) is 5.15 Å². The number of carbonyl (C=O) groups excluding carboxylic acids is 1. The summed E-state index contributed by atoms with van der Waals surface area (Å²) in [7, 11) is 0. The molecular weight excluding hydrogens is 414 g/mol. The van der Waals surface area contributed by atoms with E-state index in [0.29, 0.717) is 26.6 Å². The highest BCUT2D eigenvalue weighted by Gasteiger charge is 2.33. The van der Waals surface area contributed by atoms with Gasteiger partial charge in [0.25, 0.3) is 0 Å². The molecule has 0 aliphatic heterocycles. The molecule has 0 saturated heterocycles. The molecule has 0 aliphatic carbocycles. The Bertz CT molecular complexity index is 530. The van der Waals surface area contributed by atoms with Gasteiger partial charge >= 0.3 is 6.09 Å². The van der Waals surface area contributed by atoms with Crippen molar-refractivity contribution in [3.8, 4) is 0 Å². The molecule has 0 radical (unpaired) electrons. The quantitative estimate of drug-likeness (QED) is 0.486. The summed E-state index contributed by atoms with van der Waals surface area (Å²) in [5, 5.41) is 0.571. The van der Waals surface area contributed by atoms with Crippen LogP contribution in [0, 0.1) is 10.5 Å². The number of carbonyl (C=O) groups is 1. The van der Waals surface area contributed by atoms with Crippen LogP contribution in [0.25, 0.3) is 0 Å². The van der Waals surface area contributed by atoms with Crippen molar-refractivity contribution in [3.05, 3.63) is 19.4 Å². The van der Waals surface area contributed by atoms with Crippen molar-refractivity contribution in [2.45, 2.75) is 40.2 Å². The first-order valence-corrected chi connectivity index (χ1v) is 7.92. The number of hydrogen-bond donors (Lipinski definition) is 0. The van der Waals surface area contributed by atoms with E-state index in [2.05, 4.69) is 27.6 Å². The lowest BCUT2D eigenvalue weighted by molar-refractivity contribution is 0.154. The fourth-order valence-electron chi connectivity index (χ4n) is 1.75. The van der Waals surface area contributed by atoms with Crippen LogP contribution in [0.5, 0.6) is 0 Å². The first-order chi connectivity index (χ1) is 9.11. The zero-order chi connectivity index (χ0) is 15.7. The van der Waals surface area contributed by atoms with Crippen LogP contribution in [-0.4, -0.2) is 23.2 Å². The number of aryl methyl sites for hydroxylation is 1. The topological polar surface area (TPSA) is 42.4 Å². The predicted octanol–water partition coefficient (Wildman–Crippen LogP) is 5.06. The minimum Gasteiger partial charge on any atom is -0.449 e. The lowest BCUT2D eigenvalue weighted by Gasteiger charge is -2.36. The van der Waals surface area contributed by atoms with E-state index >= 15 is 0 Å². The molecule has 1 heterocycles. The van der Waals surface area contributed by atoms with E-state index in [1.165, 1.54) is 0 Å². The van der Waals surface area contributed by atoms with Gasteiger partial charge in [0.05, 0.1) is 26.6 Å². The smallest absolute Gasteiger partial charge is 0.414 e. The second-order valence-corrected chi connectivity index (χ2v) is 6.98. The molecule has 20 heavy (non-hydrogen) atoms. The second-order valence-electron chi connectivity index (χ2n) is 5.17. The van der Waals surface area contributed by atoms with Crippen LogP contribution in [0.2, 0.25) is 10.2 Å². The summed E-state index contributed by atoms with van der Waals surface area (Å²) in [4.78, 5) is 18.0. The molecular formula is C13H17Cl2IN2O2. The molecule has 112 valence electrons. The van der Waals surface area contributed by atoms with Gasteiger partial charge in [-0.3, -0.25) is 4.90 Å². The second kappa shape index (κ2) is 6.66. The van der Waals surface area contributed by atoms with Crippen LogP contribution in [0.1, 0.15) is 33.4 Å². The highest BCUT2D eigenvalue weighted by Crippen LogP contribution is 2.38. The minimum absolute atomic E-state index is 0.232. The molecule has 0 aromatic carbocycles. The van der Waals surface area contributed by atoms with E-state index in [4.69, 9.17) is 27.9 Å². The van der Waals surface area contributed by atoms with Gasteiger partial charge in [-0.1, -0.05) is 23.2 Å². The number of nitrogens with zero attached hydrogens (tertiary/aromatic N) is 2. The highest BCUT2D eigenvalue weighted by atomic mass is 127. The number of halogens is 3. The number of ether oxygens (including phenoxy) is 1. The van der Waals surface area contributed by atoms with E-state index < -0.39 is 11.6 Å². The Balaban J connectivity index is 3.51. The van der Waals surface area contributed by atoms with Gasteiger partial charge in [0.15, 0.2) is 0 Å². The molecule has 1 rings (SSSR count). The number of rotatable bonds is 2. The van der Waals surface area contributed by atoms with Gasteiger partial charge in [-0.25, -0.2) is 9.78 Å². The van der Waals surface area contributed by atoms with E-state index in [0.717, 1.165) is 0 Å². The molecule has 7 heteroatoms. The number of pyridine rings is 1. The Kier molecular flexibility index (Phi) is 5.92. The van der Waals surface area contributed by atoms with Gasteiger partial charge in [-0.2, -0.15) is 0 Å². The van der Waals surface area contributed by atoms with Gasteiger partial charge in [-0.15, -0.1) is 0 Å². The third-order valence-electron chi connectivity index (χ3n) is 2.54. The third-order valence-corrected chi connectivity index (χ3v) is 4.64. The number of aromatic nitrogens is 1. The molecule has 0 N–H and O–H groups in total. The molecule has 0 saturated carbocycles. The normalized spacial score (nSPS) is 11.4. The summed E-state index contributed by atoms with van der Waals surface area (Å²) in [6.07, 6.45) is -0.429. The van der Waals surface area contributed by atoms with Gasteiger partial charge in [0.2, 0.25) is 0 Å². The van der Waals surface area contributed by atoms with E-state index in [1.54, 1.807) is 18.7 Å². The predicted molar refractivity (Wildman–Crippen MR) is 91.0 cm³/mol. The van der Waals surface area contributed by atoms with Gasteiger partial charge < -0.3 is 4.74 Å². The highest BCUT2D eigenvalue weighted by molar-refractivity contribution is 14.1. The summed E-state index contributed by atoms with van der Waals surface area (Å²) in [5.41, 5.74) is 0.785. The van der Waals surface area contributed by atoms with Crippen molar-refractivity contribution in [1.29, 1.82) is 0 Å². The summed E-state index contributed by atoms with van der Waals surface area (Å²) < 4.78 is 5.83. The molecule has 1 amide bonds. The van der Waals surface area contributed by atoms with E-state index in [1.807, 2.05) is 20.8 Å². The maximum absolute atomic E-state index is 12.3. The van der Waals surface area contributed by atoms with Crippen LogP contribution >= 0.6 is 45.8 Å². The lowest BCUT2D eigenvalue weighted by atomic mass is 10.1. The average Bonchev–Trinajstić information content (AvgIpc) is 2.30. The standard InChI is InChI=1S/C13H17Cl2IN2O2/c1-6-20-12(19)18(13(3,4)5)10-7(2)17-11(15)8(14)9(10)16/h6H2,1-5H3. The van der Waals surface area contributed by atoms with Crippen LogP contribution in [0.3, 0.4) is 0 Å². The maximum Gasteiger partial charge on any atom is 0.414 e. The van der Waals surface area contributed by atoms with Crippen molar-refractivity contribution in [2.24, 2.45) is 0 Å². The van der Waals surface area contributed by atoms with Crippen molar-refractivity contribution < 1.29 is 9.53 Å². The zero-order valence-electron chi connectivity index (χ0n) is 12.1. The number of amides is 1. The summed E-state index contributed by atoms with van der Waals surface area (Å²) in [6, 6.07) is 0. The Labute approximate surface area is 142 Å². The van der Waals surface area contributed by atoms with Crippen molar-refractivity contribution in [3.63, 3.8) is 0 Å². The fraction of sp³-hybridized carbons (Fsp3) is 0.538. The number of hydrogen-bond acceptors (Lipinski definition) is 3. The molecule has 1 aromatic rings. The maximum atomic E-state index is 12.3. The molecule has 0 fully saturated rings. The van der Waals surface area contributed by atoms with Gasteiger partial charge in [0, 0.05) is 5.54 Å². The van der Waals surface area contributed by atoms with Crippen molar-refractivity contribution >= 4 is 57.6 Å². The summed E-state index contributed by atoms with van der Waals surface area (Å²) in [5.74, 6) is 0. The molecule has 0 spiro atoms. The fourth-order valence-corrected chi connectivity index (χ4v) is 3.15. The van der Waals surface area contributed by atoms with Crippen molar-refractivity contribution in [2.75, 3.05) is 11.5 Å². The van der Waals surface area contributed by atoms with Crippen molar-refractivity contribution in [1.82, 2.24) is 4.98 Å². The lowest BCUT2D eigenvalue weighted by Crippen LogP contribution is -2.47. The van der Waals surface area contributed by atoms with Gasteiger partial charge in [0.1, 0.15) is 5.15 Å². The van der Waals surface area contributed by atoms with E-state index in [9.17, 15) is 4.79 Å². The van der Waals surface area contributed by atoms with Crippen LogP contribution in [0.15, 0.2) is 0 Å². The monoisotopic (exact) mass is 430 g/mol. The molecule has 0 bridgehead atoms. The molecule has 1 aromatic heterocycles. The number of anilines is 1. The van der Waals surface area contributed by atoms with Crippen LogP contribution < -0.4 is 4.90 Å². The zero-order valence-corrected chi connectivity index (χ0v) is 15.7. The molecule has 4 nitrogen and oxygen atoms in total. The largest absolute Gasteiger partial charge is 0.449 e. The Morgan fingerprint density at radius 2 is 1.95 bits per heavy atom.